The van der Waals surface area contributed by atoms with Crippen LogP contribution in [0.25, 0.3) is 11.3 Å². The number of hydrogen-bond donors (Lipinski definition) is 1. The van der Waals surface area contributed by atoms with E-state index in [1.165, 1.54) is 11.3 Å². The molecule has 0 bridgehead atoms. The van der Waals surface area contributed by atoms with Crippen LogP contribution in [0.4, 0.5) is 5.13 Å². The Morgan fingerprint density at radius 3 is 2.56 bits per heavy atom. The van der Waals surface area contributed by atoms with Crippen molar-refractivity contribution in [3.8, 4) is 17.0 Å². The highest BCUT2D eigenvalue weighted by molar-refractivity contribution is 7.16. The second kappa shape index (κ2) is 7.95. The quantitative estimate of drug-likeness (QED) is 0.887. The van der Waals surface area contributed by atoms with E-state index in [2.05, 4.69) is 27.1 Å². The summed E-state index contributed by atoms with van der Waals surface area (Å²) in [5.74, 6) is 0.817. The van der Waals surface area contributed by atoms with Gasteiger partial charge in [-0.1, -0.05) is 0 Å². The second-order valence-corrected chi connectivity index (χ2v) is 7.48. The number of ether oxygens (including phenoxy) is 1. The van der Waals surface area contributed by atoms with E-state index in [0.29, 0.717) is 11.7 Å². The third-order valence-electron chi connectivity index (χ3n) is 4.37. The number of carbonyl (C=O) groups excluding carboxylic acids is 1. The summed E-state index contributed by atoms with van der Waals surface area (Å²) >= 11 is 1.51. The largest absolute Gasteiger partial charge is 0.497 e. The Bertz CT molecular complexity index is 721. The first-order chi connectivity index (χ1) is 12.0. The third-order valence-corrected chi connectivity index (χ3v) is 5.26. The van der Waals surface area contributed by atoms with Gasteiger partial charge in [0.15, 0.2) is 5.13 Å². The van der Waals surface area contributed by atoms with Crippen molar-refractivity contribution < 1.29 is 9.53 Å². The zero-order valence-electron chi connectivity index (χ0n) is 14.9. The molecule has 1 aliphatic rings. The Morgan fingerprint density at radius 2 is 1.92 bits per heavy atom. The minimum absolute atomic E-state index is 0.000385. The Morgan fingerprint density at radius 1 is 1.24 bits per heavy atom. The number of nitrogens with zero attached hydrogens (tertiary/aromatic N) is 3. The van der Waals surface area contributed by atoms with Crippen molar-refractivity contribution in [1.82, 2.24) is 14.8 Å². The number of carbonyl (C=O) groups is 1. The van der Waals surface area contributed by atoms with E-state index in [0.717, 1.165) is 48.1 Å². The number of thiazole rings is 1. The van der Waals surface area contributed by atoms with Crippen molar-refractivity contribution >= 4 is 22.4 Å². The molecule has 134 valence electrons. The Labute approximate surface area is 152 Å². The number of amides is 1. The second-order valence-electron chi connectivity index (χ2n) is 6.28. The Kier molecular flexibility index (Phi) is 5.67. The molecule has 6 nitrogen and oxygen atoms in total. The number of benzene rings is 1. The molecule has 2 heterocycles. The summed E-state index contributed by atoms with van der Waals surface area (Å²) < 4.78 is 5.19. The van der Waals surface area contributed by atoms with E-state index in [4.69, 9.17) is 4.74 Å². The number of aromatic nitrogens is 1. The van der Waals surface area contributed by atoms with Gasteiger partial charge in [0.2, 0.25) is 5.91 Å². The van der Waals surface area contributed by atoms with Crippen LogP contribution in [0.5, 0.6) is 5.75 Å². The van der Waals surface area contributed by atoms with Gasteiger partial charge in [-0.3, -0.25) is 9.69 Å². The summed E-state index contributed by atoms with van der Waals surface area (Å²) in [5, 5.41) is 3.60. The number of methoxy groups -OCH3 is 1. The molecular formula is C18H24N4O2S. The van der Waals surface area contributed by atoms with Crippen LogP contribution in [0.15, 0.2) is 24.3 Å². The monoisotopic (exact) mass is 360 g/mol. The number of piperazine rings is 1. The summed E-state index contributed by atoms with van der Waals surface area (Å²) in [6, 6.07) is 7.80. The van der Waals surface area contributed by atoms with E-state index < -0.39 is 0 Å². The molecule has 3 rings (SSSR count). The molecule has 0 saturated carbocycles. The molecule has 0 radical (unpaired) electrons. The van der Waals surface area contributed by atoms with Crippen molar-refractivity contribution in [2.45, 2.75) is 6.92 Å². The van der Waals surface area contributed by atoms with Crippen LogP contribution in [0.1, 0.15) is 4.88 Å². The zero-order chi connectivity index (χ0) is 17.8. The SMILES string of the molecule is COc1ccc(-c2nc(NC(=O)CN3CCN(C)CC3)sc2C)cc1. The lowest BCUT2D eigenvalue weighted by atomic mass is 10.1. The molecule has 1 amide bonds. The molecule has 0 spiro atoms. The minimum Gasteiger partial charge on any atom is -0.497 e. The molecule has 1 aromatic heterocycles. The average molecular weight is 360 g/mol. The van der Waals surface area contributed by atoms with Crippen LogP contribution < -0.4 is 10.1 Å². The van der Waals surface area contributed by atoms with E-state index in [1.807, 2.05) is 31.2 Å². The minimum atomic E-state index is -0.000385. The van der Waals surface area contributed by atoms with Gasteiger partial charge in [-0.2, -0.15) is 0 Å². The maximum Gasteiger partial charge on any atom is 0.240 e. The Hall–Kier alpha value is -1.96. The van der Waals surface area contributed by atoms with E-state index in [-0.39, 0.29) is 5.91 Å². The molecule has 1 fully saturated rings. The van der Waals surface area contributed by atoms with Crippen LogP contribution >= 0.6 is 11.3 Å². The number of anilines is 1. The standard InChI is InChI=1S/C18H24N4O2S/c1-13-17(14-4-6-15(24-3)7-5-14)20-18(25-13)19-16(23)12-22-10-8-21(2)9-11-22/h4-7H,8-12H2,1-3H3,(H,19,20,23). The van der Waals surface area contributed by atoms with Gasteiger partial charge in [-0.15, -0.1) is 11.3 Å². The highest BCUT2D eigenvalue weighted by Gasteiger charge is 2.18. The first-order valence-electron chi connectivity index (χ1n) is 8.38. The third kappa shape index (κ3) is 4.56. The van der Waals surface area contributed by atoms with Crippen molar-refractivity contribution in [3.63, 3.8) is 0 Å². The van der Waals surface area contributed by atoms with E-state index in [9.17, 15) is 4.79 Å². The summed E-state index contributed by atoms with van der Waals surface area (Å²) in [7, 11) is 3.76. The summed E-state index contributed by atoms with van der Waals surface area (Å²) in [6.45, 7) is 6.31. The summed E-state index contributed by atoms with van der Waals surface area (Å²) in [5.41, 5.74) is 1.93. The Balaban J connectivity index is 1.62. The fraction of sp³-hybridized carbons (Fsp3) is 0.444. The molecule has 2 aromatic rings. The van der Waals surface area contributed by atoms with Gasteiger partial charge in [0.05, 0.1) is 19.3 Å². The molecule has 7 heteroatoms. The highest BCUT2D eigenvalue weighted by atomic mass is 32.1. The number of aryl methyl sites for hydroxylation is 1. The van der Waals surface area contributed by atoms with Gasteiger partial charge in [0.1, 0.15) is 5.75 Å². The lowest BCUT2D eigenvalue weighted by Crippen LogP contribution is -2.47. The first kappa shape index (κ1) is 17.8. The van der Waals surface area contributed by atoms with Crippen molar-refractivity contribution in [2.24, 2.45) is 0 Å². The maximum atomic E-state index is 12.3. The van der Waals surface area contributed by atoms with Crippen LogP contribution in [0.3, 0.4) is 0 Å². The van der Waals surface area contributed by atoms with Gasteiger partial charge in [-0.25, -0.2) is 4.98 Å². The van der Waals surface area contributed by atoms with E-state index in [1.54, 1.807) is 7.11 Å². The lowest BCUT2D eigenvalue weighted by molar-refractivity contribution is -0.117. The van der Waals surface area contributed by atoms with Gasteiger partial charge in [0.25, 0.3) is 0 Å². The molecule has 0 atom stereocenters. The van der Waals surface area contributed by atoms with E-state index >= 15 is 0 Å². The van der Waals surface area contributed by atoms with Crippen LogP contribution in [-0.4, -0.2) is 67.6 Å². The predicted molar refractivity (Wildman–Crippen MR) is 101 cm³/mol. The molecule has 0 unspecified atom stereocenters. The van der Waals surface area contributed by atoms with Crippen molar-refractivity contribution in [2.75, 3.05) is 52.2 Å². The molecule has 1 saturated heterocycles. The number of likely N-dealkylation sites (N-methyl/N-ethyl adjacent to an activating group) is 1. The number of hydrogen-bond acceptors (Lipinski definition) is 6. The zero-order valence-corrected chi connectivity index (χ0v) is 15.7. The smallest absolute Gasteiger partial charge is 0.240 e. The van der Waals surface area contributed by atoms with Gasteiger partial charge < -0.3 is 15.0 Å². The van der Waals surface area contributed by atoms with Crippen molar-refractivity contribution in [3.05, 3.63) is 29.1 Å². The molecular weight excluding hydrogens is 336 g/mol. The van der Waals surface area contributed by atoms with Gasteiger partial charge in [0, 0.05) is 36.6 Å². The normalized spacial score (nSPS) is 16.0. The topological polar surface area (TPSA) is 57.7 Å². The fourth-order valence-corrected chi connectivity index (χ4v) is 3.69. The maximum absolute atomic E-state index is 12.3. The van der Waals surface area contributed by atoms with Crippen LogP contribution in [0.2, 0.25) is 0 Å². The van der Waals surface area contributed by atoms with Crippen LogP contribution in [0, 0.1) is 6.92 Å². The van der Waals surface area contributed by atoms with Crippen molar-refractivity contribution in [1.29, 1.82) is 0 Å². The summed E-state index contributed by atoms with van der Waals surface area (Å²) in [4.78, 5) is 22.4. The average Bonchev–Trinajstić information content (AvgIpc) is 2.97. The molecule has 1 aliphatic heterocycles. The fourth-order valence-electron chi connectivity index (χ4n) is 2.83. The number of nitrogens with one attached hydrogen (secondary N) is 1. The summed E-state index contributed by atoms with van der Waals surface area (Å²) in [6.07, 6.45) is 0. The van der Waals surface area contributed by atoms with Gasteiger partial charge in [-0.05, 0) is 38.2 Å². The first-order valence-corrected chi connectivity index (χ1v) is 9.19. The lowest BCUT2D eigenvalue weighted by Gasteiger charge is -2.31. The van der Waals surface area contributed by atoms with Crippen LogP contribution in [-0.2, 0) is 4.79 Å². The highest BCUT2D eigenvalue weighted by Crippen LogP contribution is 2.31. The molecule has 1 N–H and O–H groups in total. The molecule has 1 aromatic carbocycles. The molecule has 25 heavy (non-hydrogen) atoms. The predicted octanol–water partition coefficient (Wildman–Crippen LogP) is 2.31. The van der Waals surface area contributed by atoms with Gasteiger partial charge >= 0.3 is 0 Å². The molecule has 0 aliphatic carbocycles. The number of rotatable bonds is 5.